The van der Waals surface area contributed by atoms with Crippen molar-refractivity contribution >= 4 is 33.3 Å². The summed E-state index contributed by atoms with van der Waals surface area (Å²) in [6.45, 7) is 2.33. The van der Waals surface area contributed by atoms with Gasteiger partial charge in [0, 0.05) is 23.2 Å². The molecule has 33 heavy (non-hydrogen) atoms. The largest absolute Gasteiger partial charge is 0.494 e. The molecule has 5 rings (SSSR count). The summed E-state index contributed by atoms with van der Waals surface area (Å²) in [4.78, 5) is 33.1. The summed E-state index contributed by atoms with van der Waals surface area (Å²) in [7, 11) is 3.05. The number of rotatable bonds is 6. The molecule has 8 nitrogen and oxygen atoms in total. The number of fused-ring (bicyclic) bond motifs is 2. The van der Waals surface area contributed by atoms with Crippen LogP contribution in [0.15, 0.2) is 57.2 Å². The molecule has 0 saturated carbocycles. The number of anilines is 1. The second-order valence-electron chi connectivity index (χ2n) is 7.24. The SMILES string of the molecule is CCOc1ccc2c(=O)c3c(oc2c1)C(=O)N(c1nccs1)C3c1cccc(OC)c1OC. The molecule has 0 saturated heterocycles. The topological polar surface area (TPSA) is 91.1 Å². The van der Waals surface area contributed by atoms with E-state index in [-0.39, 0.29) is 22.3 Å². The van der Waals surface area contributed by atoms with E-state index < -0.39 is 11.9 Å². The van der Waals surface area contributed by atoms with E-state index in [1.54, 1.807) is 48.0 Å². The van der Waals surface area contributed by atoms with Crippen LogP contribution in [0.25, 0.3) is 11.0 Å². The molecule has 4 aromatic rings. The van der Waals surface area contributed by atoms with Gasteiger partial charge in [-0.25, -0.2) is 4.98 Å². The Morgan fingerprint density at radius 1 is 1.15 bits per heavy atom. The lowest BCUT2D eigenvalue weighted by Crippen LogP contribution is -2.29. The van der Waals surface area contributed by atoms with Gasteiger partial charge in [-0.05, 0) is 25.1 Å². The van der Waals surface area contributed by atoms with Crippen LogP contribution in [-0.2, 0) is 0 Å². The molecule has 0 spiro atoms. The Bertz CT molecular complexity index is 1410. The predicted molar refractivity (Wildman–Crippen MR) is 124 cm³/mol. The third-order valence-corrected chi connectivity index (χ3v) is 6.28. The second kappa shape index (κ2) is 8.25. The van der Waals surface area contributed by atoms with E-state index in [0.717, 1.165) is 0 Å². The number of thiazole rings is 1. The quantitative estimate of drug-likeness (QED) is 0.417. The van der Waals surface area contributed by atoms with Gasteiger partial charge >= 0.3 is 0 Å². The molecule has 3 heterocycles. The lowest BCUT2D eigenvalue weighted by molar-refractivity contribution is 0.0970. The average molecular weight is 464 g/mol. The molecule has 1 unspecified atom stereocenters. The fraction of sp³-hybridized carbons (Fsp3) is 0.208. The Morgan fingerprint density at radius 3 is 2.70 bits per heavy atom. The first-order valence-electron chi connectivity index (χ1n) is 10.3. The van der Waals surface area contributed by atoms with Crippen molar-refractivity contribution in [3.05, 3.63) is 75.1 Å². The van der Waals surface area contributed by atoms with E-state index in [1.165, 1.54) is 30.5 Å². The number of ether oxygens (including phenoxy) is 3. The molecule has 1 aliphatic heterocycles. The van der Waals surface area contributed by atoms with E-state index in [2.05, 4.69) is 4.98 Å². The summed E-state index contributed by atoms with van der Waals surface area (Å²) >= 11 is 1.29. The van der Waals surface area contributed by atoms with Gasteiger partial charge in [0.15, 0.2) is 22.1 Å². The van der Waals surface area contributed by atoms with Gasteiger partial charge in [-0.3, -0.25) is 14.5 Å². The van der Waals surface area contributed by atoms with Crippen molar-refractivity contribution < 1.29 is 23.4 Å². The molecule has 0 fully saturated rings. The molecule has 1 atom stereocenters. The van der Waals surface area contributed by atoms with Gasteiger partial charge < -0.3 is 18.6 Å². The molecule has 2 aromatic heterocycles. The maximum atomic E-state index is 13.7. The minimum Gasteiger partial charge on any atom is -0.494 e. The van der Waals surface area contributed by atoms with Crippen molar-refractivity contribution in [2.75, 3.05) is 25.7 Å². The van der Waals surface area contributed by atoms with Crippen molar-refractivity contribution in [3.63, 3.8) is 0 Å². The summed E-state index contributed by atoms with van der Waals surface area (Å²) < 4.78 is 22.7. The van der Waals surface area contributed by atoms with Crippen LogP contribution in [0.1, 0.15) is 34.6 Å². The van der Waals surface area contributed by atoms with Crippen molar-refractivity contribution in [2.45, 2.75) is 13.0 Å². The van der Waals surface area contributed by atoms with Crippen LogP contribution in [0, 0.1) is 0 Å². The highest BCUT2D eigenvalue weighted by atomic mass is 32.1. The summed E-state index contributed by atoms with van der Waals surface area (Å²) in [6, 6.07) is 9.55. The van der Waals surface area contributed by atoms with Gasteiger partial charge in [0.1, 0.15) is 17.4 Å². The molecule has 0 bridgehead atoms. The van der Waals surface area contributed by atoms with Gasteiger partial charge in [0.05, 0.1) is 31.8 Å². The van der Waals surface area contributed by atoms with Crippen molar-refractivity contribution in [2.24, 2.45) is 0 Å². The molecule has 2 aromatic carbocycles. The third kappa shape index (κ3) is 3.23. The predicted octanol–water partition coefficient (Wildman–Crippen LogP) is 4.42. The van der Waals surface area contributed by atoms with Crippen LogP contribution in [-0.4, -0.2) is 31.7 Å². The fourth-order valence-corrected chi connectivity index (χ4v) is 4.83. The van der Waals surface area contributed by atoms with E-state index in [1.807, 2.05) is 6.92 Å². The molecule has 1 aliphatic rings. The highest BCUT2D eigenvalue weighted by Crippen LogP contribution is 2.46. The lowest BCUT2D eigenvalue weighted by Gasteiger charge is -2.24. The van der Waals surface area contributed by atoms with Crippen molar-refractivity contribution in [1.82, 2.24) is 4.98 Å². The lowest BCUT2D eigenvalue weighted by atomic mass is 9.97. The van der Waals surface area contributed by atoms with E-state index in [4.69, 9.17) is 18.6 Å². The second-order valence-corrected chi connectivity index (χ2v) is 8.11. The monoisotopic (exact) mass is 464 g/mol. The highest BCUT2D eigenvalue weighted by Gasteiger charge is 2.46. The number of para-hydroxylation sites is 1. The highest BCUT2D eigenvalue weighted by molar-refractivity contribution is 7.13. The molecule has 0 N–H and O–H groups in total. The van der Waals surface area contributed by atoms with Gasteiger partial charge in [0.25, 0.3) is 5.91 Å². The number of amides is 1. The zero-order chi connectivity index (χ0) is 23.1. The minimum atomic E-state index is -0.795. The number of aromatic nitrogens is 1. The maximum absolute atomic E-state index is 13.7. The average Bonchev–Trinajstić information content (AvgIpc) is 3.45. The van der Waals surface area contributed by atoms with Crippen LogP contribution in [0.4, 0.5) is 5.13 Å². The minimum absolute atomic E-state index is 0.0220. The Hall–Kier alpha value is -3.85. The number of carbonyl (C=O) groups excluding carboxylic acids is 1. The number of nitrogens with zero attached hydrogens (tertiary/aromatic N) is 2. The molecule has 9 heteroatoms. The first-order chi connectivity index (χ1) is 16.1. The summed E-state index contributed by atoms with van der Waals surface area (Å²) in [5.41, 5.74) is 0.821. The van der Waals surface area contributed by atoms with Crippen LogP contribution in [0.3, 0.4) is 0 Å². The van der Waals surface area contributed by atoms with Gasteiger partial charge in [-0.2, -0.15) is 0 Å². The Balaban J connectivity index is 1.81. The maximum Gasteiger partial charge on any atom is 0.297 e. The fourth-order valence-electron chi connectivity index (χ4n) is 4.16. The first-order valence-corrected chi connectivity index (χ1v) is 11.1. The number of benzene rings is 2. The summed E-state index contributed by atoms with van der Waals surface area (Å²) in [5.74, 6) is 1.00. The molecule has 0 aliphatic carbocycles. The molecule has 168 valence electrons. The van der Waals surface area contributed by atoms with Crippen LogP contribution in [0.2, 0.25) is 0 Å². The Morgan fingerprint density at radius 2 is 2.00 bits per heavy atom. The zero-order valence-corrected chi connectivity index (χ0v) is 19.0. The van der Waals surface area contributed by atoms with Crippen LogP contribution < -0.4 is 24.5 Å². The number of hydrogen-bond donors (Lipinski definition) is 0. The van der Waals surface area contributed by atoms with E-state index in [9.17, 15) is 9.59 Å². The summed E-state index contributed by atoms with van der Waals surface area (Å²) in [5, 5.41) is 2.57. The van der Waals surface area contributed by atoms with Gasteiger partial charge in [-0.15, -0.1) is 11.3 Å². The Labute approximate surface area is 192 Å². The molecular formula is C24H20N2O6S. The smallest absolute Gasteiger partial charge is 0.297 e. The number of hydrogen-bond acceptors (Lipinski definition) is 8. The van der Waals surface area contributed by atoms with Crippen LogP contribution in [0.5, 0.6) is 17.2 Å². The molecule has 0 radical (unpaired) electrons. The normalized spacial score (nSPS) is 15.1. The van der Waals surface area contributed by atoms with Crippen LogP contribution >= 0.6 is 11.3 Å². The standard InChI is InChI=1S/C24H20N2O6S/c1-4-31-13-8-9-14-17(12-13)32-22-18(20(14)27)19(26(23(22)28)24-25-10-11-33-24)15-6-5-7-16(29-2)21(15)30-3/h5-12,19H,4H2,1-3H3. The Kier molecular flexibility index (Phi) is 5.26. The van der Waals surface area contributed by atoms with Gasteiger partial charge in [-0.1, -0.05) is 12.1 Å². The van der Waals surface area contributed by atoms with Gasteiger partial charge in [0.2, 0.25) is 5.76 Å². The first kappa shape index (κ1) is 21.0. The summed E-state index contributed by atoms with van der Waals surface area (Å²) in [6.07, 6.45) is 1.61. The van der Waals surface area contributed by atoms with E-state index in [0.29, 0.717) is 39.9 Å². The number of carbonyl (C=O) groups is 1. The zero-order valence-electron chi connectivity index (χ0n) is 18.2. The molecular weight excluding hydrogens is 444 g/mol. The van der Waals surface area contributed by atoms with E-state index >= 15 is 0 Å². The third-order valence-electron chi connectivity index (χ3n) is 5.51. The molecule has 1 amide bonds. The van der Waals surface area contributed by atoms with Crippen molar-refractivity contribution in [3.8, 4) is 17.2 Å². The number of methoxy groups -OCH3 is 2. The van der Waals surface area contributed by atoms with Crippen molar-refractivity contribution in [1.29, 1.82) is 0 Å².